The SMILES string of the molecule is Cc1c(C)c2ccc(OCc3ccccc3Br)c(C)c2oc1=O. The Morgan fingerprint density at radius 3 is 2.48 bits per heavy atom. The highest BCUT2D eigenvalue weighted by molar-refractivity contribution is 9.10. The van der Waals surface area contributed by atoms with Gasteiger partial charge in [-0.3, -0.25) is 0 Å². The van der Waals surface area contributed by atoms with E-state index in [0.29, 0.717) is 17.8 Å². The zero-order valence-electron chi connectivity index (χ0n) is 13.3. The topological polar surface area (TPSA) is 39.4 Å². The highest BCUT2D eigenvalue weighted by Crippen LogP contribution is 2.30. The van der Waals surface area contributed by atoms with Crippen LogP contribution in [0.5, 0.6) is 5.75 Å². The third-order valence-electron chi connectivity index (χ3n) is 4.16. The van der Waals surface area contributed by atoms with Crippen molar-refractivity contribution < 1.29 is 9.15 Å². The molecule has 0 amide bonds. The predicted octanol–water partition coefficient (Wildman–Crippen LogP) is 5.06. The summed E-state index contributed by atoms with van der Waals surface area (Å²) in [5, 5.41) is 0.952. The summed E-state index contributed by atoms with van der Waals surface area (Å²) >= 11 is 3.52. The lowest BCUT2D eigenvalue weighted by atomic mass is 10.0. The van der Waals surface area contributed by atoms with Crippen molar-refractivity contribution in [3.05, 3.63) is 73.5 Å². The Morgan fingerprint density at radius 1 is 1.00 bits per heavy atom. The van der Waals surface area contributed by atoms with E-state index >= 15 is 0 Å². The Bertz CT molecular complexity index is 941. The fourth-order valence-corrected chi connectivity index (χ4v) is 2.95. The second-order valence-corrected chi connectivity index (χ2v) is 6.44. The van der Waals surface area contributed by atoms with Crippen molar-refractivity contribution in [2.75, 3.05) is 0 Å². The first-order valence-electron chi connectivity index (χ1n) is 7.39. The number of rotatable bonds is 3. The van der Waals surface area contributed by atoms with E-state index in [4.69, 9.17) is 9.15 Å². The van der Waals surface area contributed by atoms with Crippen molar-refractivity contribution in [1.29, 1.82) is 0 Å². The van der Waals surface area contributed by atoms with Crippen LogP contribution in [0.15, 0.2) is 50.1 Å². The molecule has 4 heteroatoms. The summed E-state index contributed by atoms with van der Waals surface area (Å²) in [4.78, 5) is 11.9. The van der Waals surface area contributed by atoms with Gasteiger partial charge in [0.15, 0.2) is 0 Å². The second kappa shape index (κ2) is 6.20. The van der Waals surface area contributed by atoms with E-state index < -0.39 is 0 Å². The van der Waals surface area contributed by atoms with Crippen LogP contribution in [0.2, 0.25) is 0 Å². The van der Waals surface area contributed by atoms with E-state index in [0.717, 1.165) is 32.3 Å². The molecular weight excluding hydrogens is 356 g/mol. The molecule has 0 aliphatic rings. The minimum atomic E-state index is -0.291. The van der Waals surface area contributed by atoms with Crippen molar-refractivity contribution in [2.24, 2.45) is 0 Å². The van der Waals surface area contributed by atoms with Crippen molar-refractivity contribution in [3.8, 4) is 5.75 Å². The van der Waals surface area contributed by atoms with E-state index in [-0.39, 0.29) is 5.63 Å². The normalized spacial score (nSPS) is 11.0. The van der Waals surface area contributed by atoms with Crippen LogP contribution in [0.4, 0.5) is 0 Å². The Labute approximate surface area is 143 Å². The molecule has 118 valence electrons. The van der Waals surface area contributed by atoms with Crippen LogP contribution in [0, 0.1) is 20.8 Å². The van der Waals surface area contributed by atoms with Crippen LogP contribution >= 0.6 is 15.9 Å². The lowest BCUT2D eigenvalue weighted by Gasteiger charge is -2.13. The smallest absolute Gasteiger partial charge is 0.339 e. The van der Waals surface area contributed by atoms with Crippen LogP contribution in [-0.4, -0.2) is 0 Å². The minimum absolute atomic E-state index is 0.291. The number of halogens is 1. The van der Waals surface area contributed by atoms with E-state index in [2.05, 4.69) is 15.9 Å². The fraction of sp³-hybridized carbons (Fsp3) is 0.211. The summed E-state index contributed by atoms with van der Waals surface area (Å²) in [6.45, 7) is 6.08. The zero-order valence-corrected chi connectivity index (χ0v) is 14.9. The van der Waals surface area contributed by atoms with Crippen LogP contribution in [-0.2, 0) is 6.61 Å². The molecule has 0 saturated heterocycles. The van der Waals surface area contributed by atoms with Crippen LogP contribution in [0.3, 0.4) is 0 Å². The summed E-state index contributed by atoms with van der Waals surface area (Å²) in [5.74, 6) is 0.722. The monoisotopic (exact) mass is 372 g/mol. The average molecular weight is 373 g/mol. The summed E-state index contributed by atoms with van der Waals surface area (Å²) in [6, 6.07) is 11.8. The van der Waals surface area contributed by atoms with Crippen LogP contribution < -0.4 is 10.4 Å². The molecule has 0 N–H and O–H groups in total. The average Bonchev–Trinajstić information content (AvgIpc) is 2.54. The van der Waals surface area contributed by atoms with Gasteiger partial charge in [0.1, 0.15) is 17.9 Å². The molecule has 0 atom stereocenters. The van der Waals surface area contributed by atoms with Gasteiger partial charge >= 0.3 is 5.63 Å². The van der Waals surface area contributed by atoms with Crippen molar-refractivity contribution in [1.82, 2.24) is 0 Å². The molecule has 0 bridgehead atoms. The molecule has 0 saturated carbocycles. The predicted molar refractivity (Wildman–Crippen MR) is 95.2 cm³/mol. The Kier molecular flexibility index (Phi) is 4.26. The first kappa shape index (κ1) is 15.8. The number of hydrogen-bond acceptors (Lipinski definition) is 3. The molecular formula is C19H17BrO3. The first-order chi connectivity index (χ1) is 11.0. The summed E-state index contributed by atoms with van der Waals surface area (Å²) in [6.07, 6.45) is 0. The Morgan fingerprint density at radius 2 is 1.74 bits per heavy atom. The molecule has 3 rings (SSSR count). The molecule has 0 unspecified atom stereocenters. The van der Waals surface area contributed by atoms with Gasteiger partial charge in [-0.15, -0.1) is 0 Å². The van der Waals surface area contributed by atoms with Gasteiger partial charge in [0.25, 0.3) is 0 Å². The van der Waals surface area contributed by atoms with E-state index in [1.165, 1.54) is 0 Å². The van der Waals surface area contributed by atoms with Gasteiger partial charge in [-0.25, -0.2) is 4.79 Å². The molecule has 1 heterocycles. The minimum Gasteiger partial charge on any atom is -0.488 e. The zero-order chi connectivity index (χ0) is 16.6. The summed E-state index contributed by atoms with van der Waals surface area (Å²) in [7, 11) is 0. The molecule has 3 nitrogen and oxygen atoms in total. The lowest BCUT2D eigenvalue weighted by Crippen LogP contribution is -2.07. The van der Waals surface area contributed by atoms with Gasteiger partial charge < -0.3 is 9.15 Å². The van der Waals surface area contributed by atoms with Gasteiger partial charge in [0.05, 0.1) is 0 Å². The van der Waals surface area contributed by atoms with E-state index in [1.807, 2.05) is 50.2 Å². The molecule has 0 spiro atoms. The summed E-state index contributed by atoms with van der Waals surface area (Å²) in [5.41, 5.74) is 3.82. The third kappa shape index (κ3) is 2.91. The molecule has 23 heavy (non-hydrogen) atoms. The molecule has 0 radical (unpaired) electrons. The summed E-state index contributed by atoms with van der Waals surface area (Å²) < 4.78 is 12.4. The van der Waals surface area contributed by atoms with Crippen LogP contribution in [0.25, 0.3) is 11.0 Å². The maximum atomic E-state index is 11.9. The number of hydrogen-bond donors (Lipinski definition) is 0. The third-order valence-corrected chi connectivity index (χ3v) is 4.94. The fourth-order valence-electron chi connectivity index (χ4n) is 2.55. The Balaban J connectivity index is 2.00. The Hall–Kier alpha value is -2.07. The van der Waals surface area contributed by atoms with Crippen molar-refractivity contribution >= 4 is 26.9 Å². The second-order valence-electron chi connectivity index (χ2n) is 5.58. The quantitative estimate of drug-likeness (QED) is 0.603. The molecule has 2 aromatic carbocycles. The van der Waals surface area contributed by atoms with Crippen molar-refractivity contribution in [2.45, 2.75) is 27.4 Å². The maximum absolute atomic E-state index is 11.9. The lowest BCUT2D eigenvalue weighted by molar-refractivity contribution is 0.303. The van der Waals surface area contributed by atoms with Gasteiger partial charge in [0.2, 0.25) is 0 Å². The largest absolute Gasteiger partial charge is 0.488 e. The highest BCUT2D eigenvalue weighted by atomic mass is 79.9. The number of aryl methyl sites for hydroxylation is 2. The standard InChI is InChI=1S/C19H17BrO3/c1-11-12(2)19(21)23-18-13(3)17(9-8-15(11)18)22-10-14-6-4-5-7-16(14)20/h4-9H,10H2,1-3H3. The van der Waals surface area contributed by atoms with E-state index in [1.54, 1.807) is 6.92 Å². The van der Waals surface area contributed by atoms with Gasteiger partial charge in [-0.05, 0) is 44.5 Å². The number of fused-ring (bicyclic) bond motifs is 1. The van der Waals surface area contributed by atoms with Gasteiger partial charge in [-0.1, -0.05) is 34.1 Å². The van der Waals surface area contributed by atoms with Crippen LogP contribution in [0.1, 0.15) is 22.3 Å². The molecule has 0 aliphatic heterocycles. The molecule has 0 aliphatic carbocycles. The number of benzene rings is 2. The molecule has 3 aromatic rings. The van der Waals surface area contributed by atoms with Gasteiger partial charge in [0, 0.05) is 26.5 Å². The van der Waals surface area contributed by atoms with Gasteiger partial charge in [-0.2, -0.15) is 0 Å². The van der Waals surface area contributed by atoms with E-state index in [9.17, 15) is 4.79 Å². The molecule has 0 fully saturated rings. The first-order valence-corrected chi connectivity index (χ1v) is 8.18. The maximum Gasteiger partial charge on any atom is 0.339 e. The van der Waals surface area contributed by atoms with Crippen molar-refractivity contribution in [3.63, 3.8) is 0 Å². The molecule has 1 aromatic heterocycles. The highest BCUT2D eigenvalue weighted by Gasteiger charge is 2.13. The number of ether oxygens (including phenoxy) is 1.